The maximum Gasteiger partial charge on any atom is 0.265 e. The van der Waals surface area contributed by atoms with Crippen molar-refractivity contribution in [1.29, 1.82) is 0 Å². The van der Waals surface area contributed by atoms with Crippen LogP contribution in [0.25, 0.3) is 0 Å². The molecule has 0 aliphatic carbocycles. The largest absolute Gasteiger partial charge is 0.507 e. The van der Waals surface area contributed by atoms with Crippen molar-refractivity contribution >= 4 is 31.6 Å². The molecule has 2 N–H and O–H groups in total. The molecule has 20 heavy (non-hydrogen) atoms. The second-order valence-electron chi connectivity index (χ2n) is 3.92. The van der Waals surface area contributed by atoms with Crippen molar-refractivity contribution in [3.63, 3.8) is 0 Å². The van der Waals surface area contributed by atoms with Crippen LogP contribution in [0.4, 0.5) is 5.69 Å². The smallest absolute Gasteiger partial charge is 0.265 e. The Morgan fingerprint density at radius 2 is 1.90 bits per heavy atom. The van der Waals surface area contributed by atoms with E-state index in [1.807, 2.05) is 0 Å². The molecular formula is C13H12BrNO4S. The predicted molar refractivity (Wildman–Crippen MR) is 79.6 cm³/mol. The average Bonchev–Trinajstić information content (AvgIpc) is 2.39. The van der Waals surface area contributed by atoms with Gasteiger partial charge in [-0.3, -0.25) is 4.72 Å². The monoisotopic (exact) mass is 357 g/mol. The Morgan fingerprint density at radius 1 is 1.20 bits per heavy atom. The predicted octanol–water partition coefficient (Wildman–Crippen LogP) is 2.96. The van der Waals surface area contributed by atoms with E-state index in [0.29, 0.717) is 10.2 Å². The minimum atomic E-state index is -3.89. The van der Waals surface area contributed by atoms with Crippen molar-refractivity contribution in [2.45, 2.75) is 4.90 Å². The first-order chi connectivity index (χ1) is 9.44. The normalized spacial score (nSPS) is 11.1. The highest BCUT2D eigenvalue weighted by Crippen LogP contribution is 2.31. The van der Waals surface area contributed by atoms with E-state index in [9.17, 15) is 13.5 Å². The molecule has 0 aliphatic rings. The van der Waals surface area contributed by atoms with Gasteiger partial charge in [-0.15, -0.1) is 0 Å². The van der Waals surface area contributed by atoms with Gasteiger partial charge in [0.15, 0.2) is 0 Å². The maximum atomic E-state index is 12.3. The first-order valence-electron chi connectivity index (χ1n) is 5.58. The molecule has 2 aromatic carbocycles. The number of phenols is 1. The summed E-state index contributed by atoms with van der Waals surface area (Å²) in [5.41, 5.74) is 0.283. The summed E-state index contributed by atoms with van der Waals surface area (Å²) in [4.78, 5) is -0.193. The lowest BCUT2D eigenvalue weighted by atomic mass is 10.3. The molecule has 0 aliphatic heterocycles. The average molecular weight is 358 g/mol. The summed E-state index contributed by atoms with van der Waals surface area (Å²) < 4.78 is 32.7. The second-order valence-corrected chi connectivity index (χ2v) is 6.48. The van der Waals surface area contributed by atoms with Gasteiger partial charge in [-0.2, -0.15) is 0 Å². The number of aromatic hydroxyl groups is 1. The summed E-state index contributed by atoms with van der Waals surface area (Å²) in [7, 11) is -2.45. The van der Waals surface area contributed by atoms with Crippen LogP contribution in [-0.2, 0) is 10.0 Å². The van der Waals surface area contributed by atoms with Crippen LogP contribution in [0.3, 0.4) is 0 Å². The Morgan fingerprint density at radius 3 is 2.55 bits per heavy atom. The lowest BCUT2D eigenvalue weighted by molar-refractivity contribution is 0.416. The Labute approximate surface area is 125 Å². The third kappa shape index (κ3) is 3.05. The fraction of sp³-hybridized carbons (Fsp3) is 0.0769. The van der Waals surface area contributed by atoms with Crippen molar-refractivity contribution in [3.05, 3.63) is 46.9 Å². The molecule has 0 fully saturated rings. The van der Waals surface area contributed by atoms with Crippen LogP contribution in [0.1, 0.15) is 0 Å². The molecule has 0 bridgehead atoms. The lowest BCUT2D eigenvalue weighted by Gasteiger charge is -2.12. The van der Waals surface area contributed by atoms with Crippen LogP contribution in [0.5, 0.6) is 11.5 Å². The summed E-state index contributed by atoms with van der Waals surface area (Å²) >= 11 is 3.26. The van der Waals surface area contributed by atoms with Crippen molar-refractivity contribution in [2.75, 3.05) is 11.8 Å². The molecule has 0 radical (unpaired) electrons. The van der Waals surface area contributed by atoms with E-state index in [4.69, 9.17) is 4.74 Å². The van der Waals surface area contributed by atoms with Crippen LogP contribution in [0.2, 0.25) is 0 Å². The van der Waals surface area contributed by atoms with Crippen LogP contribution in [0, 0.1) is 0 Å². The number of halogens is 1. The molecule has 2 rings (SSSR count). The number of hydrogen-bond acceptors (Lipinski definition) is 4. The van der Waals surface area contributed by atoms with Crippen molar-refractivity contribution in [3.8, 4) is 11.5 Å². The molecule has 106 valence electrons. The quantitative estimate of drug-likeness (QED) is 0.881. The number of ether oxygens (including phenoxy) is 1. The van der Waals surface area contributed by atoms with E-state index in [-0.39, 0.29) is 16.3 Å². The maximum absolute atomic E-state index is 12.3. The highest BCUT2D eigenvalue weighted by Gasteiger charge is 2.20. The topological polar surface area (TPSA) is 75.6 Å². The fourth-order valence-corrected chi connectivity index (χ4v) is 3.17. The molecule has 2 aromatic rings. The Kier molecular flexibility index (Phi) is 4.20. The fourth-order valence-electron chi connectivity index (χ4n) is 1.64. The summed E-state index contributed by atoms with van der Waals surface area (Å²) in [6.45, 7) is 0. The van der Waals surface area contributed by atoms with E-state index in [0.717, 1.165) is 0 Å². The Bertz CT molecular complexity index is 731. The summed E-state index contributed by atoms with van der Waals surface area (Å²) in [5, 5.41) is 9.65. The number of rotatable bonds is 4. The summed E-state index contributed by atoms with van der Waals surface area (Å²) in [6.07, 6.45) is 0. The number of sulfonamides is 1. The van der Waals surface area contributed by atoms with Gasteiger partial charge in [0.2, 0.25) is 0 Å². The van der Waals surface area contributed by atoms with E-state index in [1.54, 1.807) is 24.3 Å². The van der Waals surface area contributed by atoms with Gasteiger partial charge in [0.05, 0.1) is 12.8 Å². The molecular weight excluding hydrogens is 346 g/mol. The van der Waals surface area contributed by atoms with Crippen molar-refractivity contribution in [1.82, 2.24) is 0 Å². The third-order valence-electron chi connectivity index (χ3n) is 2.56. The molecule has 0 saturated heterocycles. The number of para-hydroxylation sites is 1. The Balaban J connectivity index is 2.44. The number of hydrogen-bond donors (Lipinski definition) is 2. The van der Waals surface area contributed by atoms with Crippen molar-refractivity contribution in [2.24, 2.45) is 0 Å². The SMILES string of the molecule is COc1ccc(Br)cc1NS(=O)(=O)c1ccccc1O. The molecule has 7 heteroatoms. The first-order valence-corrected chi connectivity index (χ1v) is 7.86. The second kappa shape index (κ2) is 5.72. The van der Waals surface area contributed by atoms with Gasteiger partial charge in [-0.1, -0.05) is 28.1 Å². The third-order valence-corrected chi connectivity index (χ3v) is 4.47. The van der Waals surface area contributed by atoms with Crippen molar-refractivity contribution < 1.29 is 18.3 Å². The standard InChI is InChI=1S/C13H12BrNO4S/c1-19-12-7-6-9(14)8-10(12)15-20(17,18)13-5-3-2-4-11(13)16/h2-8,15-16H,1H3. The van der Waals surface area contributed by atoms with Gasteiger partial charge in [0, 0.05) is 4.47 Å². The van der Waals surface area contributed by atoms with Crippen LogP contribution < -0.4 is 9.46 Å². The van der Waals surface area contributed by atoms with E-state index < -0.39 is 10.0 Å². The zero-order valence-corrected chi connectivity index (χ0v) is 12.9. The highest BCUT2D eigenvalue weighted by atomic mass is 79.9. The molecule has 0 aromatic heterocycles. The highest BCUT2D eigenvalue weighted by molar-refractivity contribution is 9.10. The van der Waals surface area contributed by atoms with Gasteiger partial charge < -0.3 is 9.84 Å². The van der Waals surface area contributed by atoms with Gasteiger partial charge in [0.25, 0.3) is 10.0 Å². The van der Waals surface area contributed by atoms with Crippen LogP contribution in [0.15, 0.2) is 51.8 Å². The number of anilines is 1. The molecule has 0 amide bonds. The number of methoxy groups -OCH3 is 1. The van der Waals surface area contributed by atoms with Gasteiger partial charge in [0.1, 0.15) is 16.4 Å². The van der Waals surface area contributed by atoms with E-state index in [1.165, 1.54) is 25.3 Å². The number of phenolic OH excluding ortho intramolecular Hbond substituents is 1. The summed E-state index contributed by atoms with van der Waals surface area (Å²) in [5.74, 6) is 0.0705. The zero-order valence-electron chi connectivity index (χ0n) is 10.5. The summed E-state index contributed by atoms with van der Waals surface area (Å²) in [6, 6.07) is 10.7. The zero-order chi connectivity index (χ0) is 14.8. The first kappa shape index (κ1) is 14.7. The van der Waals surface area contributed by atoms with Crippen LogP contribution >= 0.6 is 15.9 Å². The van der Waals surface area contributed by atoms with E-state index >= 15 is 0 Å². The Hall–Kier alpha value is -1.73. The molecule has 5 nitrogen and oxygen atoms in total. The van der Waals surface area contributed by atoms with Gasteiger partial charge in [-0.05, 0) is 30.3 Å². The van der Waals surface area contributed by atoms with Crippen LogP contribution in [-0.4, -0.2) is 20.6 Å². The van der Waals surface area contributed by atoms with E-state index in [2.05, 4.69) is 20.7 Å². The number of benzene rings is 2. The van der Waals surface area contributed by atoms with Gasteiger partial charge in [-0.25, -0.2) is 8.42 Å². The minimum Gasteiger partial charge on any atom is -0.507 e. The van der Waals surface area contributed by atoms with Gasteiger partial charge >= 0.3 is 0 Å². The minimum absolute atomic E-state index is 0.193. The molecule has 0 unspecified atom stereocenters. The molecule has 0 heterocycles. The molecule has 0 saturated carbocycles. The lowest BCUT2D eigenvalue weighted by Crippen LogP contribution is -2.13. The number of nitrogens with one attached hydrogen (secondary N) is 1. The molecule has 0 atom stereocenters. The molecule has 0 spiro atoms.